The standard InChI is InChI=1S/C17H22N2O2/c1-10-13-8-6-5-7-12(13)9-14-15(10)19(4)16(20)11(2)18(3)17(14)21/h9,11H,5-8H2,1-4H3. The zero-order chi connectivity index (χ0) is 15.3. The summed E-state index contributed by atoms with van der Waals surface area (Å²) in [6.07, 6.45) is 4.46. The fourth-order valence-electron chi connectivity index (χ4n) is 3.62. The van der Waals surface area contributed by atoms with Gasteiger partial charge in [0.05, 0.1) is 11.3 Å². The molecule has 2 aliphatic rings. The third-order valence-electron chi connectivity index (χ3n) is 5.05. The van der Waals surface area contributed by atoms with Gasteiger partial charge < -0.3 is 9.80 Å². The average molecular weight is 286 g/mol. The van der Waals surface area contributed by atoms with Crippen molar-refractivity contribution >= 4 is 17.5 Å². The van der Waals surface area contributed by atoms with Crippen LogP contribution in [0.2, 0.25) is 0 Å². The molecule has 0 saturated carbocycles. The molecule has 1 unspecified atom stereocenters. The number of benzene rings is 1. The largest absolute Gasteiger partial charge is 0.330 e. The van der Waals surface area contributed by atoms with Gasteiger partial charge in [-0.15, -0.1) is 0 Å². The maximum Gasteiger partial charge on any atom is 0.256 e. The van der Waals surface area contributed by atoms with Crippen molar-refractivity contribution in [2.75, 3.05) is 19.0 Å². The summed E-state index contributed by atoms with van der Waals surface area (Å²) in [5.74, 6) is -0.0740. The lowest BCUT2D eigenvalue weighted by atomic mass is 9.85. The van der Waals surface area contributed by atoms with Gasteiger partial charge in [0.2, 0.25) is 5.91 Å². The number of hydrogen-bond donors (Lipinski definition) is 0. The number of carbonyl (C=O) groups is 2. The maximum atomic E-state index is 12.7. The monoisotopic (exact) mass is 286 g/mol. The highest BCUT2D eigenvalue weighted by Crippen LogP contribution is 2.36. The minimum Gasteiger partial charge on any atom is -0.330 e. The number of nitrogens with zero attached hydrogens (tertiary/aromatic N) is 2. The number of anilines is 1. The summed E-state index contributed by atoms with van der Waals surface area (Å²) in [6, 6.07) is 1.60. The highest BCUT2D eigenvalue weighted by Gasteiger charge is 2.35. The molecule has 1 aliphatic carbocycles. The van der Waals surface area contributed by atoms with Crippen molar-refractivity contribution in [1.29, 1.82) is 0 Å². The van der Waals surface area contributed by atoms with E-state index in [-0.39, 0.29) is 11.8 Å². The van der Waals surface area contributed by atoms with E-state index in [9.17, 15) is 9.59 Å². The minimum absolute atomic E-state index is 0.0246. The summed E-state index contributed by atoms with van der Waals surface area (Å²) in [5.41, 5.74) is 5.21. The normalized spacial score (nSPS) is 22.0. The van der Waals surface area contributed by atoms with Crippen molar-refractivity contribution in [2.24, 2.45) is 0 Å². The summed E-state index contributed by atoms with van der Waals surface area (Å²) < 4.78 is 0. The summed E-state index contributed by atoms with van der Waals surface area (Å²) in [4.78, 5) is 28.5. The van der Waals surface area contributed by atoms with Crippen molar-refractivity contribution in [3.05, 3.63) is 28.3 Å². The molecule has 4 nitrogen and oxygen atoms in total. The van der Waals surface area contributed by atoms with Crippen LogP contribution in [0.1, 0.15) is 46.8 Å². The number of aryl methyl sites for hydroxylation is 1. The first-order chi connectivity index (χ1) is 9.93. The Balaban J connectivity index is 2.27. The predicted octanol–water partition coefficient (Wildman–Crippen LogP) is 2.31. The van der Waals surface area contributed by atoms with Crippen molar-refractivity contribution in [1.82, 2.24) is 4.90 Å². The van der Waals surface area contributed by atoms with Crippen LogP contribution in [-0.4, -0.2) is 36.9 Å². The van der Waals surface area contributed by atoms with Gasteiger partial charge >= 0.3 is 0 Å². The van der Waals surface area contributed by atoms with Crippen LogP contribution in [0.5, 0.6) is 0 Å². The Morgan fingerprint density at radius 3 is 2.52 bits per heavy atom. The number of likely N-dealkylation sites (N-methyl/N-ethyl adjacent to an activating group) is 2. The van der Waals surface area contributed by atoms with Gasteiger partial charge in [0.15, 0.2) is 0 Å². The molecule has 0 N–H and O–H groups in total. The van der Waals surface area contributed by atoms with Gasteiger partial charge in [-0.05, 0) is 62.3 Å². The molecule has 1 aromatic rings. The summed E-state index contributed by atoms with van der Waals surface area (Å²) in [5, 5.41) is 0. The van der Waals surface area contributed by atoms with E-state index in [4.69, 9.17) is 0 Å². The topological polar surface area (TPSA) is 40.6 Å². The maximum absolute atomic E-state index is 12.7. The van der Waals surface area contributed by atoms with Crippen molar-refractivity contribution in [3.8, 4) is 0 Å². The fraction of sp³-hybridized carbons (Fsp3) is 0.529. The Kier molecular flexibility index (Phi) is 3.27. The van der Waals surface area contributed by atoms with E-state index in [1.165, 1.54) is 24.0 Å². The van der Waals surface area contributed by atoms with Gasteiger partial charge in [-0.1, -0.05) is 0 Å². The van der Waals surface area contributed by atoms with Crippen LogP contribution in [0.3, 0.4) is 0 Å². The molecule has 1 aliphatic heterocycles. The van der Waals surface area contributed by atoms with Gasteiger partial charge in [-0.25, -0.2) is 0 Å². The Morgan fingerprint density at radius 2 is 1.81 bits per heavy atom. The quantitative estimate of drug-likeness (QED) is 0.734. The smallest absolute Gasteiger partial charge is 0.256 e. The molecule has 21 heavy (non-hydrogen) atoms. The lowest BCUT2D eigenvalue weighted by Gasteiger charge is -2.26. The molecule has 0 bridgehead atoms. The summed E-state index contributed by atoms with van der Waals surface area (Å²) >= 11 is 0. The number of fused-ring (bicyclic) bond motifs is 2. The third-order valence-corrected chi connectivity index (χ3v) is 5.05. The van der Waals surface area contributed by atoms with Crippen molar-refractivity contribution < 1.29 is 9.59 Å². The molecule has 112 valence electrons. The first-order valence-electron chi connectivity index (χ1n) is 7.63. The second-order valence-corrected chi connectivity index (χ2v) is 6.23. The van der Waals surface area contributed by atoms with Crippen LogP contribution >= 0.6 is 0 Å². The van der Waals surface area contributed by atoms with Crippen LogP contribution in [0.4, 0.5) is 5.69 Å². The van der Waals surface area contributed by atoms with E-state index in [2.05, 4.69) is 6.92 Å². The van der Waals surface area contributed by atoms with E-state index in [1.807, 2.05) is 6.07 Å². The van der Waals surface area contributed by atoms with Gasteiger partial charge in [0.1, 0.15) is 6.04 Å². The molecule has 1 aromatic carbocycles. The van der Waals surface area contributed by atoms with Crippen LogP contribution in [0, 0.1) is 6.92 Å². The number of rotatable bonds is 0. The Bertz CT molecular complexity index is 636. The van der Waals surface area contributed by atoms with Gasteiger partial charge in [-0.3, -0.25) is 9.59 Å². The summed E-state index contributed by atoms with van der Waals surface area (Å²) in [6.45, 7) is 3.84. The molecule has 0 spiro atoms. The molecule has 2 amide bonds. The van der Waals surface area contributed by atoms with E-state index >= 15 is 0 Å². The molecular weight excluding hydrogens is 264 g/mol. The van der Waals surface area contributed by atoms with Crippen LogP contribution in [-0.2, 0) is 17.6 Å². The van der Waals surface area contributed by atoms with E-state index in [0.717, 1.165) is 24.1 Å². The zero-order valence-electron chi connectivity index (χ0n) is 13.2. The lowest BCUT2D eigenvalue weighted by molar-refractivity contribution is -0.121. The minimum atomic E-state index is -0.425. The highest BCUT2D eigenvalue weighted by molar-refractivity contribution is 6.11. The van der Waals surface area contributed by atoms with E-state index < -0.39 is 6.04 Å². The van der Waals surface area contributed by atoms with E-state index in [0.29, 0.717) is 5.56 Å². The number of carbonyl (C=O) groups excluding carboxylic acids is 2. The molecular formula is C17H22N2O2. The predicted molar refractivity (Wildman–Crippen MR) is 82.8 cm³/mol. The SMILES string of the molecule is Cc1c2c(cc3c1N(C)C(=O)C(C)N(C)C3=O)CCCC2. The van der Waals surface area contributed by atoms with Gasteiger partial charge in [0, 0.05) is 14.1 Å². The van der Waals surface area contributed by atoms with Crippen LogP contribution < -0.4 is 4.90 Å². The second kappa shape index (κ2) is 4.86. The molecule has 3 rings (SSSR count). The van der Waals surface area contributed by atoms with Crippen molar-refractivity contribution in [2.45, 2.75) is 45.6 Å². The molecule has 0 saturated heterocycles. The molecule has 4 heteroatoms. The van der Waals surface area contributed by atoms with Crippen molar-refractivity contribution in [3.63, 3.8) is 0 Å². The number of hydrogen-bond acceptors (Lipinski definition) is 2. The first-order valence-corrected chi connectivity index (χ1v) is 7.63. The van der Waals surface area contributed by atoms with Crippen LogP contribution in [0.15, 0.2) is 6.07 Å². The molecule has 0 aromatic heterocycles. The third kappa shape index (κ3) is 1.96. The summed E-state index contributed by atoms with van der Waals surface area (Å²) in [7, 11) is 3.49. The highest BCUT2D eigenvalue weighted by atomic mass is 16.2. The molecule has 0 fully saturated rings. The Morgan fingerprint density at radius 1 is 1.14 bits per heavy atom. The fourth-order valence-corrected chi connectivity index (χ4v) is 3.62. The first kappa shape index (κ1) is 14.1. The van der Waals surface area contributed by atoms with E-state index in [1.54, 1.807) is 30.8 Å². The number of amides is 2. The van der Waals surface area contributed by atoms with Crippen LogP contribution in [0.25, 0.3) is 0 Å². The van der Waals surface area contributed by atoms with Gasteiger partial charge in [-0.2, -0.15) is 0 Å². The van der Waals surface area contributed by atoms with Gasteiger partial charge in [0.25, 0.3) is 5.91 Å². The Hall–Kier alpha value is -1.84. The second-order valence-electron chi connectivity index (χ2n) is 6.23. The lowest BCUT2D eigenvalue weighted by Crippen LogP contribution is -2.43. The zero-order valence-corrected chi connectivity index (χ0v) is 13.2. The Labute approximate surface area is 125 Å². The average Bonchev–Trinajstić information content (AvgIpc) is 2.55. The molecule has 1 heterocycles. The molecule has 1 atom stereocenters. The molecule has 0 radical (unpaired) electrons.